The fraction of sp³-hybridized carbons (Fsp3) is 0.423. The quantitative estimate of drug-likeness (QED) is 0.418. The number of rotatable bonds is 11. The summed E-state index contributed by atoms with van der Waals surface area (Å²) in [5.41, 5.74) is 2.74. The highest BCUT2D eigenvalue weighted by Gasteiger charge is 2.15. The van der Waals surface area contributed by atoms with Gasteiger partial charge < -0.3 is 5.11 Å². The maximum atomic E-state index is 13.0. The molecule has 0 radical (unpaired) electrons. The molecule has 0 saturated heterocycles. The monoisotopic (exact) mass is 435 g/mol. The Morgan fingerprint density at radius 3 is 2.44 bits per heavy atom. The largest absolute Gasteiger partial charge is 0.478 e. The highest BCUT2D eigenvalue weighted by atomic mass is 16.4. The van der Waals surface area contributed by atoms with Crippen molar-refractivity contribution < 1.29 is 9.90 Å². The molecule has 32 heavy (non-hydrogen) atoms. The average molecular weight is 436 g/mol. The molecule has 0 aliphatic heterocycles. The van der Waals surface area contributed by atoms with Crippen molar-refractivity contribution in [3.63, 3.8) is 0 Å². The van der Waals surface area contributed by atoms with E-state index in [1.54, 1.807) is 21.4 Å². The van der Waals surface area contributed by atoms with E-state index in [4.69, 9.17) is 0 Å². The number of aromatic carboxylic acids is 1. The van der Waals surface area contributed by atoms with E-state index in [1.807, 2.05) is 36.4 Å². The topological polar surface area (TPSA) is 77.1 Å². The molecule has 2 aromatic carbocycles. The van der Waals surface area contributed by atoms with Gasteiger partial charge in [-0.15, -0.1) is 0 Å². The Morgan fingerprint density at radius 1 is 1.06 bits per heavy atom. The zero-order chi connectivity index (χ0) is 23.1. The minimum Gasteiger partial charge on any atom is -0.478 e. The third-order valence-electron chi connectivity index (χ3n) is 5.68. The van der Waals surface area contributed by atoms with Crippen LogP contribution < -0.4 is 5.69 Å². The van der Waals surface area contributed by atoms with E-state index in [2.05, 4.69) is 25.9 Å². The molecule has 0 saturated carbocycles. The van der Waals surface area contributed by atoms with Gasteiger partial charge >= 0.3 is 11.7 Å². The molecule has 0 fully saturated rings. The van der Waals surface area contributed by atoms with Gasteiger partial charge in [0.2, 0.25) is 0 Å². The Labute approximate surface area is 189 Å². The van der Waals surface area contributed by atoms with Crippen molar-refractivity contribution in [3.05, 3.63) is 76.0 Å². The minimum absolute atomic E-state index is 0.0579. The summed E-state index contributed by atoms with van der Waals surface area (Å²) < 4.78 is 3.40. The van der Waals surface area contributed by atoms with Crippen molar-refractivity contribution in [3.8, 4) is 11.1 Å². The smallest absolute Gasteiger partial charge is 0.346 e. The maximum Gasteiger partial charge on any atom is 0.346 e. The van der Waals surface area contributed by atoms with Gasteiger partial charge in [-0.1, -0.05) is 76.1 Å². The Bertz CT molecular complexity index is 1090. The minimum atomic E-state index is -0.943. The lowest BCUT2D eigenvalue weighted by molar-refractivity contribution is 0.0697. The van der Waals surface area contributed by atoms with Crippen LogP contribution in [-0.2, 0) is 19.5 Å². The number of hydrogen-bond acceptors (Lipinski definition) is 3. The predicted octanol–water partition coefficient (Wildman–Crippen LogP) is 5.24. The van der Waals surface area contributed by atoms with Crippen LogP contribution in [-0.4, -0.2) is 25.4 Å². The average Bonchev–Trinajstić information content (AvgIpc) is 3.07. The van der Waals surface area contributed by atoms with Crippen LogP contribution in [0.4, 0.5) is 0 Å². The lowest BCUT2D eigenvalue weighted by atomic mass is 9.99. The molecule has 3 rings (SSSR count). The molecule has 3 aromatic rings. The maximum absolute atomic E-state index is 13.0. The summed E-state index contributed by atoms with van der Waals surface area (Å²) in [6, 6.07) is 14.7. The van der Waals surface area contributed by atoms with Gasteiger partial charge in [-0.3, -0.25) is 4.57 Å². The summed E-state index contributed by atoms with van der Waals surface area (Å²) in [4.78, 5) is 24.6. The zero-order valence-corrected chi connectivity index (χ0v) is 19.3. The molecule has 0 atom stereocenters. The van der Waals surface area contributed by atoms with Gasteiger partial charge in [-0.2, -0.15) is 5.10 Å². The molecule has 1 N–H and O–H groups in total. The van der Waals surface area contributed by atoms with Crippen LogP contribution in [0.3, 0.4) is 0 Å². The van der Waals surface area contributed by atoms with Gasteiger partial charge in [-0.05, 0) is 41.5 Å². The van der Waals surface area contributed by atoms with Gasteiger partial charge in [0.15, 0.2) is 0 Å². The van der Waals surface area contributed by atoms with E-state index in [0.717, 1.165) is 49.1 Å². The molecule has 170 valence electrons. The van der Waals surface area contributed by atoms with Crippen molar-refractivity contribution >= 4 is 5.97 Å². The SMILES string of the molecule is CCCCCc1nn(CCC(C)C)c(=O)n1Cc1ccc(-c2ccccc2C(=O)O)cc1. The first-order valence-corrected chi connectivity index (χ1v) is 11.5. The third-order valence-corrected chi connectivity index (χ3v) is 5.68. The first-order chi connectivity index (χ1) is 15.4. The number of carboxylic acid groups (broad SMARTS) is 1. The Hall–Kier alpha value is -3.15. The van der Waals surface area contributed by atoms with E-state index in [1.165, 1.54) is 0 Å². The van der Waals surface area contributed by atoms with Gasteiger partial charge in [0.25, 0.3) is 0 Å². The Morgan fingerprint density at radius 2 is 1.78 bits per heavy atom. The molecule has 0 amide bonds. The lowest BCUT2D eigenvalue weighted by Gasteiger charge is -2.09. The second kappa shape index (κ2) is 10.9. The van der Waals surface area contributed by atoms with Crippen LogP contribution in [0.1, 0.15) is 68.2 Å². The summed E-state index contributed by atoms with van der Waals surface area (Å²) in [5.74, 6) is 0.408. The van der Waals surface area contributed by atoms with Crippen LogP contribution in [0, 0.1) is 5.92 Å². The van der Waals surface area contributed by atoms with Crippen molar-refractivity contribution in [1.82, 2.24) is 14.3 Å². The molecule has 6 nitrogen and oxygen atoms in total. The Balaban J connectivity index is 1.86. The van der Waals surface area contributed by atoms with Crippen LogP contribution in [0.5, 0.6) is 0 Å². The summed E-state index contributed by atoms with van der Waals surface area (Å²) in [7, 11) is 0. The first-order valence-electron chi connectivity index (χ1n) is 11.5. The van der Waals surface area contributed by atoms with Gasteiger partial charge in [0.05, 0.1) is 12.1 Å². The fourth-order valence-corrected chi connectivity index (χ4v) is 3.78. The molecule has 0 bridgehead atoms. The summed E-state index contributed by atoms with van der Waals surface area (Å²) in [5, 5.41) is 14.1. The Kier molecular flexibility index (Phi) is 8.03. The number of carbonyl (C=O) groups is 1. The number of benzene rings is 2. The lowest BCUT2D eigenvalue weighted by Crippen LogP contribution is -2.26. The number of nitrogens with zero attached hydrogens (tertiary/aromatic N) is 3. The van der Waals surface area contributed by atoms with Gasteiger partial charge in [-0.25, -0.2) is 14.3 Å². The highest BCUT2D eigenvalue weighted by Crippen LogP contribution is 2.24. The normalized spacial score (nSPS) is 11.2. The van der Waals surface area contributed by atoms with E-state index in [9.17, 15) is 14.7 Å². The number of aromatic nitrogens is 3. The van der Waals surface area contributed by atoms with Crippen LogP contribution in [0.2, 0.25) is 0 Å². The third kappa shape index (κ3) is 5.75. The molecule has 0 unspecified atom stereocenters. The van der Waals surface area contributed by atoms with E-state index < -0.39 is 5.97 Å². The van der Waals surface area contributed by atoms with Crippen molar-refractivity contribution in [2.75, 3.05) is 0 Å². The molecule has 0 aliphatic rings. The van der Waals surface area contributed by atoms with Crippen molar-refractivity contribution in [2.45, 2.75) is 66.0 Å². The summed E-state index contributed by atoms with van der Waals surface area (Å²) in [6.07, 6.45) is 4.97. The summed E-state index contributed by atoms with van der Waals surface area (Å²) in [6.45, 7) is 7.55. The molecule has 6 heteroatoms. The van der Waals surface area contributed by atoms with Crippen LogP contribution in [0.15, 0.2) is 53.3 Å². The number of carboxylic acids is 1. The highest BCUT2D eigenvalue weighted by molar-refractivity contribution is 5.95. The van der Waals surface area contributed by atoms with E-state index >= 15 is 0 Å². The first kappa shape index (κ1) is 23.5. The molecule has 0 aliphatic carbocycles. The number of unbranched alkanes of at least 4 members (excludes halogenated alkanes) is 2. The fourth-order valence-electron chi connectivity index (χ4n) is 3.78. The molecular formula is C26H33N3O3. The second-order valence-electron chi connectivity index (χ2n) is 8.70. The van der Waals surface area contributed by atoms with E-state index in [0.29, 0.717) is 24.6 Å². The van der Waals surface area contributed by atoms with E-state index in [-0.39, 0.29) is 11.3 Å². The summed E-state index contributed by atoms with van der Waals surface area (Å²) >= 11 is 0. The van der Waals surface area contributed by atoms with Crippen molar-refractivity contribution in [1.29, 1.82) is 0 Å². The predicted molar refractivity (Wildman–Crippen MR) is 127 cm³/mol. The second-order valence-corrected chi connectivity index (χ2v) is 8.70. The van der Waals surface area contributed by atoms with Crippen LogP contribution >= 0.6 is 0 Å². The molecule has 0 spiro atoms. The zero-order valence-electron chi connectivity index (χ0n) is 19.3. The number of hydrogen-bond donors (Lipinski definition) is 1. The molecular weight excluding hydrogens is 402 g/mol. The van der Waals surface area contributed by atoms with Gasteiger partial charge in [0, 0.05) is 13.0 Å². The molecule has 1 heterocycles. The number of aryl methyl sites for hydroxylation is 2. The van der Waals surface area contributed by atoms with Gasteiger partial charge in [0.1, 0.15) is 5.82 Å². The van der Waals surface area contributed by atoms with Crippen molar-refractivity contribution in [2.24, 2.45) is 5.92 Å². The standard InChI is InChI=1S/C26H33N3O3/c1-4-5-6-11-24-27-29(17-16-19(2)3)26(32)28(24)18-20-12-14-21(15-13-20)22-9-7-8-10-23(22)25(30)31/h7-10,12-15,19H,4-6,11,16-18H2,1-3H3,(H,30,31). The molecule has 1 aromatic heterocycles. The van der Waals surface area contributed by atoms with Crippen LogP contribution in [0.25, 0.3) is 11.1 Å².